The van der Waals surface area contributed by atoms with E-state index >= 15 is 0 Å². The summed E-state index contributed by atoms with van der Waals surface area (Å²) in [6, 6.07) is 8.76. The summed E-state index contributed by atoms with van der Waals surface area (Å²) in [5.41, 5.74) is 7.39. The standard InChI is InChI=1S/C15H21N3S/c1-11-6-7-14(19-11)15(12(2)16)18(3)10-13-5-4-8-17-9-13/h4-9,12,15H,10,16H2,1-3H3. The number of aryl methyl sites for hydroxylation is 1. The third-order valence-corrected chi connectivity index (χ3v) is 4.25. The molecule has 0 bridgehead atoms. The zero-order chi connectivity index (χ0) is 13.8. The van der Waals surface area contributed by atoms with Gasteiger partial charge in [0.2, 0.25) is 0 Å². The maximum absolute atomic E-state index is 6.18. The molecule has 19 heavy (non-hydrogen) atoms. The first kappa shape index (κ1) is 14.2. The van der Waals surface area contributed by atoms with E-state index in [2.05, 4.69) is 49.0 Å². The van der Waals surface area contributed by atoms with Crippen LogP contribution in [0.3, 0.4) is 0 Å². The van der Waals surface area contributed by atoms with Gasteiger partial charge in [-0.15, -0.1) is 11.3 Å². The van der Waals surface area contributed by atoms with Crippen LogP contribution in [0.15, 0.2) is 36.7 Å². The van der Waals surface area contributed by atoms with E-state index in [1.807, 2.05) is 23.6 Å². The highest BCUT2D eigenvalue weighted by Gasteiger charge is 2.22. The molecule has 0 amide bonds. The minimum atomic E-state index is 0.0970. The van der Waals surface area contributed by atoms with E-state index in [0.717, 1.165) is 6.54 Å². The third-order valence-electron chi connectivity index (χ3n) is 3.18. The quantitative estimate of drug-likeness (QED) is 0.912. The lowest BCUT2D eigenvalue weighted by atomic mass is 10.1. The fourth-order valence-corrected chi connectivity index (χ4v) is 3.53. The highest BCUT2D eigenvalue weighted by atomic mass is 32.1. The van der Waals surface area contributed by atoms with Crippen molar-refractivity contribution < 1.29 is 0 Å². The van der Waals surface area contributed by atoms with Crippen molar-refractivity contribution in [1.29, 1.82) is 0 Å². The lowest BCUT2D eigenvalue weighted by molar-refractivity contribution is 0.214. The van der Waals surface area contributed by atoms with Gasteiger partial charge in [-0.2, -0.15) is 0 Å². The minimum absolute atomic E-state index is 0.0970. The molecule has 2 rings (SSSR count). The number of thiophene rings is 1. The normalized spacial score (nSPS) is 14.6. The van der Waals surface area contributed by atoms with Gasteiger partial charge in [0.05, 0.1) is 6.04 Å². The summed E-state index contributed by atoms with van der Waals surface area (Å²) in [4.78, 5) is 9.12. The van der Waals surface area contributed by atoms with E-state index in [9.17, 15) is 0 Å². The van der Waals surface area contributed by atoms with Crippen LogP contribution in [-0.4, -0.2) is 23.0 Å². The molecule has 2 N–H and O–H groups in total. The summed E-state index contributed by atoms with van der Waals surface area (Å²) in [5.74, 6) is 0. The molecule has 0 aliphatic heterocycles. The van der Waals surface area contributed by atoms with Crippen LogP contribution in [-0.2, 0) is 6.54 Å². The minimum Gasteiger partial charge on any atom is -0.326 e. The van der Waals surface area contributed by atoms with Gasteiger partial charge in [-0.3, -0.25) is 9.88 Å². The van der Waals surface area contributed by atoms with Crippen LogP contribution < -0.4 is 5.73 Å². The number of nitrogens with zero attached hydrogens (tertiary/aromatic N) is 2. The Labute approximate surface area is 119 Å². The van der Waals surface area contributed by atoms with Crippen LogP contribution in [0, 0.1) is 6.92 Å². The van der Waals surface area contributed by atoms with Crippen LogP contribution in [0.1, 0.15) is 28.3 Å². The van der Waals surface area contributed by atoms with E-state index in [1.165, 1.54) is 15.3 Å². The molecule has 2 aromatic heterocycles. The summed E-state index contributed by atoms with van der Waals surface area (Å²) in [7, 11) is 2.12. The van der Waals surface area contributed by atoms with Crippen molar-refractivity contribution >= 4 is 11.3 Å². The molecule has 2 atom stereocenters. The first-order valence-electron chi connectivity index (χ1n) is 6.49. The van der Waals surface area contributed by atoms with Crippen molar-refractivity contribution in [3.63, 3.8) is 0 Å². The Morgan fingerprint density at radius 1 is 1.37 bits per heavy atom. The van der Waals surface area contributed by atoms with Crippen LogP contribution in [0.5, 0.6) is 0 Å². The average molecular weight is 275 g/mol. The Kier molecular flexibility index (Phi) is 4.69. The second-order valence-corrected chi connectivity index (χ2v) is 6.35. The van der Waals surface area contributed by atoms with E-state index in [4.69, 9.17) is 5.73 Å². The van der Waals surface area contributed by atoms with E-state index in [1.54, 1.807) is 6.20 Å². The van der Waals surface area contributed by atoms with Gasteiger partial charge in [-0.05, 0) is 44.7 Å². The first-order valence-corrected chi connectivity index (χ1v) is 7.30. The summed E-state index contributed by atoms with van der Waals surface area (Å²) in [6.07, 6.45) is 3.71. The van der Waals surface area contributed by atoms with Gasteiger partial charge in [0.15, 0.2) is 0 Å². The fourth-order valence-electron chi connectivity index (χ4n) is 2.37. The molecule has 0 aliphatic rings. The van der Waals surface area contributed by atoms with E-state index in [0.29, 0.717) is 0 Å². The largest absolute Gasteiger partial charge is 0.326 e. The van der Waals surface area contributed by atoms with Gasteiger partial charge in [0, 0.05) is 34.7 Å². The second kappa shape index (κ2) is 6.28. The SMILES string of the molecule is Cc1ccc(C(C(C)N)N(C)Cc2cccnc2)s1. The molecule has 0 aliphatic carbocycles. The van der Waals surface area contributed by atoms with E-state index < -0.39 is 0 Å². The predicted octanol–water partition coefficient (Wildman–Crippen LogP) is 2.97. The number of pyridine rings is 1. The molecule has 3 nitrogen and oxygen atoms in total. The van der Waals surface area contributed by atoms with Gasteiger partial charge in [0.1, 0.15) is 0 Å². The highest BCUT2D eigenvalue weighted by molar-refractivity contribution is 7.12. The average Bonchev–Trinajstić information content (AvgIpc) is 2.76. The third kappa shape index (κ3) is 3.62. The molecule has 0 saturated heterocycles. The lowest BCUT2D eigenvalue weighted by Crippen LogP contribution is -2.36. The fraction of sp³-hybridized carbons (Fsp3) is 0.400. The van der Waals surface area contributed by atoms with Crippen molar-refractivity contribution in [3.8, 4) is 0 Å². The monoisotopic (exact) mass is 275 g/mol. The van der Waals surface area contributed by atoms with Gasteiger partial charge in [0.25, 0.3) is 0 Å². The van der Waals surface area contributed by atoms with Crippen molar-refractivity contribution in [1.82, 2.24) is 9.88 Å². The smallest absolute Gasteiger partial charge is 0.0591 e. The summed E-state index contributed by atoms with van der Waals surface area (Å²) in [5, 5.41) is 0. The Balaban J connectivity index is 2.15. The number of rotatable bonds is 5. The number of likely N-dealkylation sites (N-methyl/N-ethyl adjacent to an activating group) is 1. The van der Waals surface area contributed by atoms with Gasteiger partial charge in [-0.25, -0.2) is 0 Å². The number of aromatic nitrogens is 1. The molecule has 102 valence electrons. The molecular formula is C15H21N3S. The number of nitrogens with two attached hydrogens (primary N) is 1. The summed E-state index contributed by atoms with van der Waals surface area (Å²) in [6.45, 7) is 5.06. The zero-order valence-corrected chi connectivity index (χ0v) is 12.5. The molecule has 0 spiro atoms. The van der Waals surface area contributed by atoms with Crippen molar-refractivity contribution in [3.05, 3.63) is 52.0 Å². The number of hydrogen-bond donors (Lipinski definition) is 1. The Morgan fingerprint density at radius 2 is 2.16 bits per heavy atom. The predicted molar refractivity (Wildman–Crippen MR) is 81.2 cm³/mol. The molecule has 2 unspecified atom stereocenters. The molecule has 0 radical (unpaired) electrons. The molecule has 0 aromatic carbocycles. The van der Waals surface area contributed by atoms with Crippen molar-refractivity contribution in [2.75, 3.05) is 7.05 Å². The molecule has 0 fully saturated rings. The Hall–Kier alpha value is -1.23. The van der Waals surface area contributed by atoms with Crippen LogP contribution >= 0.6 is 11.3 Å². The Bertz CT molecular complexity index is 507. The van der Waals surface area contributed by atoms with Crippen LogP contribution in [0.2, 0.25) is 0 Å². The lowest BCUT2D eigenvalue weighted by Gasteiger charge is -2.30. The van der Waals surface area contributed by atoms with E-state index in [-0.39, 0.29) is 12.1 Å². The zero-order valence-electron chi connectivity index (χ0n) is 11.7. The number of hydrogen-bond acceptors (Lipinski definition) is 4. The summed E-state index contributed by atoms with van der Waals surface area (Å²) >= 11 is 1.83. The molecule has 2 aromatic rings. The second-order valence-electron chi connectivity index (χ2n) is 5.03. The summed E-state index contributed by atoms with van der Waals surface area (Å²) < 4.78 is 0. The van der Waals surface area contributed by atoms with Gasteiger partial charge >= 0.3 is 0 Å². The maximum Gasteiger partial charge on any atom is 0.0591 e. The Morgan fingerprint density at radius 3 is 2.68 bits per heavy atom. The van der Waals surface area contributed by atoms with Gasteiger partial charge in [-0.1, -0.05) is 6.07 Å². The van der Waals surface area contributed by atoms with Gasteiger partial charge < -0.3 is 5.73 Å². The van der Waals surface area contributed by atoms with Crippen molar-refractivity contribution in [2.24, 2.45) is 5.73 Å². The van der Waals surface area contributed by atoms with Crippen LogP contribution in [0.4, 0.5) is 0 Å². The first-order chi connectivity index (χ1) is 9.08. The molecule has 2 heterocycles. The highest BCUT2D eigenvalue weighted by Crippen LogP contribution is 2.29. The maximum atomic E-state index is 6.18. The van der Waals surface area contributed by atoms with Crippen molar-refractivity contribution in [2.45, 2.75) is 32.5 Å². The van der Waals surface area contributed by atoms with Crippen LogP contribution in [0.25, 0.3) is 0 Å². The molecular weight excluding hydrogens is 254 g/mol. The topological polar surface area (TPSA) is 42.1 Å². The molecule has 0 saturated carbocycles. The molecule has 4 heteroatoms.